The van der Waals surface area contributed by atoms with E-state index in [0.29, 0.717) is 19.8 Å². The number of fused-ring (bicyclic) bond motifs is 1. The molecule has 4 nitrogen and oxygen atoms in total. The normalized spacial score (nSPS) is 16.7. The van der Waals surface area contributed by atoms with Gasteiger partial charge in [0.15, 0.2) is 0 Å². The van der Waals surface area contributed by atoms with Crippen molar-refractivity contribution in [1.29, 1.82) is 0 Å². The molecule has 1 fully saturated rings. The van der Waals surface area contributed by atoms with E-state index in [1.165, 1.54) is 12.1 Å². The number of hydrogen-bond acceptors (Lipinski definition) is 2. The minimum Gasteiger partial charge on any atom is -0.381 e. The van der Waals surface area contributed by atoms with Gasteiger partial charge in [-0.1, -0.05) is 13.8 Å². The first-order chi connectivity index (χ1) is 11.0. The standard InChI is InChI=1S/C18H23FN2O2/c1-18(2,11-21-17(22)12-5-7-23-8-6-12)15-10-20-16-9-13(19)3-4-14(15)16/h3-4,9-10,12,20H,5-8,11H2,1-2H3,(H,21,22). The van der Waals surface area contributed by atoms with E-state index in [1.54, 1.807) is 6.07 Å². The third-order valence-corrected chi connectivity index (χ3v) is 4.67. The molecule has 1 amide bonds. The number of halogens is 1. The van der Waals surface area contributed by atoms with E-state index < -0.39 is 0 Å². The fourth-order valence-electron chi connectivity index (χ4n) is 3.17. The van der Waals surface area contributed by atoms with Crippen LogP contribution in [0.4, 0.5) is 4.39 Å². The molecular formula is C18H23FN2O2. The summed E-state index contributed by atoms with van der Waals surface area (Å²) in [4.78, 5) is 15.4. The first kappa shape index (κ1) is 16.0. The maximum absolute atomic E-state index is 13.3. The Morgan fingerprint density at radius 3 is 2.87 bits per heavy atom. The quantitative estimate of drug-likeness (QED) is 0.910. The highest BCUT2D eigenvalue weighted by Crippen LogP contribution is 2.30. The minimum absolute atomic E-state index is 0.0524. The number of aromatic amines is 1. The van der Waals surface area contributed by atoms with Crippen LogP contribution in [0.2, 0.25) is 0 Å². The van der Waals surface area contributed by atoms with Crippen molar-refractivity contribution in [2.75, 3.05) is 19.8 Å². The van der Waals surface area contributed by atoms with Crippen molar-refractivity contribution in [3.05, 3.63) is 35.8 Å². The number of nitrogens with one attached hydrogen (secondary N) is 2. The van der Waals surface area contributed by atoms with Crippen LogP contribution in [0.1, 0.15) is 32.3 Å². The molecule has 2 N–H and O–H groups in total. The predicted molar refractivity (Wildman–Crippen MR) is 87.8 cm³/mol. The molecule has 5 heteroatoms. The summed E-state index contributed by atoms with van der Waals surface area (Å²) in [5, 5.41) is 4.07. The SMILES string of the molecule is CC(C)(CNC(=O)C1CCOCC1)c1c[nH]c2cc(F)ccc12. The van der Waals surface area contributed by atoms with Crippen molar-refractivity contribution >= 4 is 16.8 Å². The average Bonchev–Trinajstić information content (AvgIpc) is 2.97. The second kappa shape index (κ2) is 6.32. The Morgan fingerprint density at radius 2 is 2.13 bits per heavy atom. The second-order valence-corrected chi connectivity index (χ2v) is 6.88. The molecule has 0 spiro atoms. The van der Waals surface area contributed by atoms with E-state index in [4.69, 9.17) is 4.74 Å². The van der Waals surface area contributed by atoms with Gasteiger partial charge in [0, 0.05) is 48.2 Å². The van der Waals surface area contributed by atoms with Crippen molar-refractivity contribution in [3.8, 4) is 0 Å². The van der Waals surface area contributed by atoms with Gasteiger partial charge >= 0.3 is 0 Å². The van der Waals surface area contributed by atoms with Gasteiger partial charge in [0.05, 0.1) is 0 Å². The number of carbonyl (C=O) groups excluding carboxylic acids is 1. The molecule has 1 saturated heterocycles. The van der Waals surface area contributed by atoms with E-state index in [9.17, 15) is 9.18 Å². The Hall–Kier alpha value is -1.88. The number of hydrogen-bond donors (Lipinski definition) is 2. The molecule has 2 aromatic rings. The summed E-state index contributed by atoms with van der Waals surface area (Å²) in [6.45, 7) is 6.05. The number of aromatic nitrogens is 1. The van der Waals surface area contributed by atoms with Gasteiger partial charge in [-0.15, -0.1) is 0 Å². The molecule has 0 atom stereocenters. The summed E-state index contributed by atoms with van der Waals surface area (Å²) in [6, 6.07) is 4.75. The zero-order valence-corrected chi connectivity index (χ0v) is 13.6. The molecule has 2 heterocycles. The smallest absolute Gasteiger partial charge is 0.223 e. The highest BCUT2D eigenvalue weighted by Gasteiger charge is 2.27. The van der Waals surface area contributed by atoms with Crippen LogP contribution in [-0.2, 0) is 14.9 Å². The first-order valence-corrected chi connectivity index (χ1v) is 8.10. The van der Waals surface area contributed by atoms with Crippen molar-refractivity contribution in [3.63, 3.8) is 0 Å². The average molecular weight is 318 g/mol. The molecule has 0 saturated carbocycles. The molecule has 3 rings (SSSR count). The zero-order valence-electron chi connectivity index (χ0n) is 13.6. The van der Waals surface area contributed by atoms with Crippen LogP contribution >= 0.6 is 0 Å². The highest BCUT2D eigenvalue weighted by atomic mass is 19.1. The van der Waals surface area contributed by atoms with E-state index in [-0.39, 0.29) is 23.1 Å². The van der Waals surface area contributed by atoms with Gasteiger partial charge in [0.2, 0.25) is 5.91 Å². The number of ether oxygens (including phenoxy) is 1. The molecule has 1 aliphatic rings. The summed E-state index contributed by atoms with van der Waals surface area (Å²) in [5.41, 5.74) is 1.63. The molecule has 0 radical (unpaired) electrons. The third kappa shape index (κ3) is 3.39. The lowest BCUT2D eigenvalue weighted by atomic mass is 9.84. The highest BCUT2D eigenvalue weighted by molar-refractivity contribution is 5.84. The van der Waals surface area contributed by atoms with Crippen LogP contribution in [0.15, 0.2) is 24.4 Å². The van der Waals surface area contributed by atoms with E-state index in [1.807, 2.05) is 6.20 Å². The Morgan fingerprint density at radius 1 is 1.39 bits per heavy atom. The molecule has 0 bridgehead atoms. The molecule has 1 aromatic carbocycles. The summed E-state index contributed by atoms with van der Waals surface area (Å²) in [7, 11) is 0. The lowest BCUT2D eigenvalue weighted by molar-refractivity contribution is -0.128. The van der Waals surface area contributed by atoms with Crippen LogP contribution in [0.3, 0.4) is 0 Å². The predicted octanol–water partition coefficient (Wildman–Crippen LogP) is 3.13. The molecule has 1 aromatic heterocycles. The summed E-state index contributed by atoms with van der Waals surface area (Å²) in [5.74, 6) is -0.0969. The number of rotatable bonds is 4. The minimum atomic E-state index is -0.253. The monoisotopic (exact) mass is 318 g/mol. The Balaban J connectivity index is 1.71. The van der Waals surface area contributed by atoms with Crippen molar-refractivity contribution in [1.82, 2.24) is 10.3 Å². The fraction of sp³-hybridized carbons (Fsp3) is 0.500. The summed E-state index contributed by atoms with van der Waals surface area (Å²) in [6.07, 6.45) is 3.49. The van der Waals surface area contributed by atoms with Gasteiger partial charge in [0.25, 0.3) is 0 Å². The van der Waals surface area contributed by atoms with Gasteiger partial charge in [0.1, 0.15) is 5.82 Å². The second-order valence-electron chi connectivity index (χ2n) is 6.88. The van der Waals surface area contributed by atoms with Crippen molar-refractivity contribution in [2.24, 2.45) is 5.92 Å². The van der Waals surface area contributed by atoms with Crippen molar-refractivity contribution < 1.29 is 13.9 Å². The van der Waals surface area contributed by atoms with Gasteiger partial charge in [-0.2, -0.15) is 0 Å². The third-order valence-electron chi connectivity index (χ3n) is 4.67. The van der Waals surface area contributed by atoms with E-state index in [2.05, 4.69) is 24.1 Å². The zero-order chi connectivity index (χ0) is 16.4. The van der Waals surface area contributed by atoms with Gasteiger partial charge in [-0.25, -0.2) is 4.39 Å². The largest absolute Gasteiger partial charge is 0.381 e. The Labute approximate surface area is 135 Å². The molecule has 1 aliphatic heterocycles. The summed E-state index contributed by atoms with van der Waals surface area (Å²) < 4.78 is 18.6. The summed E-state index contributed by atoms with van der Waals surface area (Å²) >= 11 is 0. The first-order valence-electron chi connectivity index (χ1n) is 8.10. The molecule has 0 aliphatic carbocycles. The number of benzene rings is 1. The van der Waals surface area contributed by atoms with Gasteiger partial charge in [-0.05, 0) is 36.6 Å². The van der Waals surface area contributed by atoms with Crippen LogP contribution in [0, 0.1) is 11.7 Å². The Bertz CT molecular complexity index is 702. The van der Waals surface area contributed by atoms with Gasteiger partial charge in [-0.3, -0.25) is 4.79 Å². The Kier molecular flexibility index (Phi) is 4.39. The molecule has 124 valence electrons. The topological polar surface area (TPSA) is 54.1 Å². The van der Waals surface area contributed by atoms with Crippen LogP contribution in [0.25, 0.3) is 10.9 Å². The molecular weight excluding hydrogens is 295 g/mol. The molecule has 23 heavy (non-hydrogen) atoms. The molecule has 0 unspecified atom stereocenters. The van der Waals surface area contributed by atoms with Gasteiger partial charge < -0.3 is 15.0 Å². The van der Waals surface area contributed by atoms with Crippen LogP contribution in [0.5, 0.6) is 0 Å². The van der Waals surface area contributed by atoms with E-state index in [0.717, 1.165) is 29.3 Å². The lowest BCUT2D eigenvalue weighted by Gasteiger charge is -2.27. The number of carbonyl (C=O) groups is 1. The fourth-order valence-corrected chi connectivity index (χ4v) is 3.17. The lowest BCUT2D eigenvalue weighted by Crippen LogP contribution is -2.41. The maximum Gasteiger partial charge on any atom is 0.223 e. The van der Waals surface area contributed by atoms with Crippen LogP contribution in [-0.4, -0.2) is 30.6 Å². The van der Waals surface area contributed by atoms with E-state index >= 15 is 0 Å². The number of H-pyrrole nitrogens is 1. The van der Waals surface area contributed by atoms with Crippen molar-refractivity contribution in [2.45, 2.75) is 32.1 Å². The maximum atomic E-state index is 13.3. The number of amides is 1. The van der Waals surface area contributed by atoms with Crippen LogP contribution < -0.4 is 5.32 Å².